The lowest BCUT2D eigenvalue weighted by Crippen LogP contribution is -2.34. The van der Waals surface area contributed by atoms with Crippen LogP contribution in [-0.4, -0.2) is 23.5 Å². The van der Waals surface area contributed by atoms with Crippen molar-refractivity contribution in [3.63, 3.8) is 0 Å². The van der Waals surface area contributed by atoms with Gasteiger partial charge in [-0.3, -0.25) is 4.90 Å². The molecule has 1 aliphatic heterocycles. The molecule has 1 N–H and O–H groups in total. The molecule has 2 atom stereocenters. The van der Waals surface area contributed by atoms with Crippen molar-refractivity contribution in [2.24, 2.45) is 5.92 Å². The van der Waals surface area contributed by atoms with Crippen LogP contribution in [0.2, 0.25) is 0 Å². The van der Waals surface area contributed by atoms with Crippen molar-refractivity contribution in [1.29, 1.82) is 0 Å². The Labute approximate surface area is 128 Å². The minimum absolute atomic E-state index is 0.799. The highest BCUT2D eigenvalue weighted by atomic mass is 15.2. The van der Waals surface area contributed by atoms with E-state index in [2.05, 4.69) is 34.5 Å². The van der Waals surface area contributed by atoms with E-state index in [4.69, 9.17) is 0 Å². The van der Waals surface area contributed by atoms with E-state index in [0.29, 0.717) is 0 Å². The summed E-state index contributed by atoms with van der Waals surface area (Å²) in [6.07, 6.45) is 10.0. The van der Waals surface area contributed by atoms with Crippen LogP contribution in [0.1, 0.15) is 56.1 Å². The fraction of sp³-hybridized carbons (Fsp3) is 0.684. The number of hydrogen-bond acceptors (Lipinski definition) is 2. The van der Waals surface area contributed by atoms with Gasteiger partial charge in [0.25, 0.3) is 0 Å². The lowest BCUT2D eigenvalue weighted by molar-refractivity contribution is 0.175. The molecule has 0 bridgehead atoms. The zero-order valence-electron chi connectivity index (χ0n) is 13.1. The molecule has 3 aliphatic rings. The van der Waals surface area contributed by atoms with E-state index in [-0.39, 0.29) is 0 Å². The van der Waals surface area contributed by atoms with Gasteiger partial charge in [-0.25, -0.2) is 0 Å². The second-order valence-corrected chi connectivity index (χ2v) is 7.29. The van der Waals surface area contributed by atoms with Crippen LogP contribution in [0.25, 0.3) is 0 Å². The minimum atomic E-state index is 0.799. The Kier molecular flexibility index (Phi) is 4.00. The summed E-state index contributed by atoms with van der Waals surface area (Å²) in [4.78, 5) is 2.78. The van der Waals surface area contributed by atoms with Crippen LogP contribution in [0.3, 0.4) is 0 Å². The van der Waals surface area contributed by atoms with Gasteiger partial charge < -0.3 is 5.32 Å². The van der Waals surface area contributed by atoms with E-state index in [9.17, 15) is 0 Å². The third-order valence-electron chi connectivity index (χ3n) is 5.78. The second kappa shape index (κ2) is 6.10. The second-order valence-electron chi connectivity index (χ2n) is 7.29. The summed E-state index contributed by atoms with van der Waals surface area (Å²) in [5, 5.41) is 3.68. The standard InChI is InChI=1S/C19H28N2/c1-2-7-17(16(6-1)13-20-18-9-10-18)14-21-12-11-15-5-3-4-8-19(15)21/h1-2,6-7,15,18-20H,3-5,8-14H2. The molecule has 2 aliphatic carbocycles. The summed E-state index contributed by atoms with van der Waals surface area (Å²) < 4.78 is 0. The van der Waals surface area contributed by atoms with Gasteiger partial charge in [-0.05, 0) is 55.7 Å². The number of nitrogens with one attached hydrogen (secondary N) is 1. The summed E-state index contributed by atoms with van der Waals surface area (Å²) in [5.41, 5.74) is 3.07. The lowest BCUT2D eigenvalue weighted by Gasteiger charge is -2.32. The molecule has 0 spiro atoms. The highest BCUT2D eigenvalue weighted by molar-refractivity contribution is 5.27. The van der Waals surface area contributed by atoms with E-state index in [1.807, 2.05) is 0 Å². The smallest absolute Gasteiger partial charge is 0.0240 e. The number of fused-ring (bicyclic) bond motifs is 1. The van der Waals surface area contributed by atoms with Gasteiger partial charge in [0.1, 0.15) is 0 Å². The molecule has 1 aromatic carbocycles. The molecule has 1 heterocycles. The number of nitrogens with zero attached hydrogens (tertiary/aromatic N) is 1. The molecule has 2 unspecified atom stereocenters. The zero-order valence-corrected chi connectivity index (χ0v) is 13.1. The first-order valence-electron chi connectivity index (χ1n) is 8.94. The van der Waals surface area contributed by atoms with E-state index < -0.39 is 0 Å². The van der Waals surface area contributed by atoms with Crippen molar-refractivity contribution in [2.75, 3.05) is 6.54 Å². The van der Waals surface area contributed by atoms with E-state index in [1.165, 1.54) is 63.6 Å². The van der Waals surface area contributed by atoms with Gasteiger partial charge in [0.15, 0.2) is 0 Å². The maximum absolute atomic E-state index is 3.68. The Hall–Kier alpha value is -0.860. The Bertz CT molecular complexity index is 480. The van der Waals surface area contributed by atoms with Crippen LogP contribution in [0.4, 0.5) is 0 Å². The fourth-order valence-corrected chi connectivity index (χ4v) is 4.34. The van der Waals surface area contributed by atoms with Crippen molar-refractivity contribution in [3.8, 4) is 0 Å². The molecule has 21 heavy (non-hydrogen) atoms. The Morgan fingerprint density at radius 2 is 1.76 bits per heavy atom. The third kappa shape index (κ3) is 3.17. The number of benzene rings is 1. The fourth-order valence-electron chi connectivity index (χ4n) is 4.34. The molecular weight excluding hydrogens is 256 g/mol. The molecule has 2 nitrogen and oxygen atoms in total. The molecule has 1 saturated heterocycles. The minimum Gasteiger partial charge on any atom is -0.310 e. The third-order valence-corrected chi connectivity index (χ3v) is 5.78. The van der Waals surface area contributed by atoms with E-state index in [1.54, 1.807) is 5.56 Å². The molecule has 0 radical (unpaired) electrons. The molecule has 3 fully saturated rings. The zero-order chi connectivity index (χ0) is 14.1. The van der Waals surface area contributed by atoms with Crippen molar-refractivity contribution < 1.29 is 0 Å². The van der Waals surface area contributed by atoms with Gasteiger partial charge in [0.2, 0.25) is 0 Å². The van der Waals surface area contributed by atoms with Gasteiger partial charge in [-0.2, -0.15) is 0 Å². The lowest BCUT2D eigenvalue weighted by atomic mass is 9.85. The molecular formula is C19H28N2. The van der Waals surface area contributed by atoms with Crippen LogP contribution in [0, 0.1) is 5.92 Å². The van der Waals surface area contributed by atoms with E-state index >= 15 is 0 Å². The Morgan fingerprint density at radius 3 is 2.62 bits per heavy atom. The molecule has 2 heteroatoms. The predicted octanol–water partition coefficient (Wildman–Crippen LogP) is 3.70. The SMILES string of the molecule is c1ccc(CN2CCC3CCCCC32)c(CNC2CC2)c1. The molecule has 0 aromatic heterocycles. The normalized spacial score (nSPS) is 29.5. The molecule has 1 aromatic rings. The van der Waals surface area contributed by atoms with Crippen LogP contribution in [0.5, 0.6) is 0 Å². The largest absolute Gasteiger partial charge is 0.310 e. The Morgan fingerprint density at radius 1 is 0.952 bits per heavy atom. The van der Waals surface area contributed by atoms with Gasteiger partial charge >= 0.3 is 0 Å². The number of likely N-dealkylation sites (tertiary alicyclic amines) is 1. The summed E-state index contributed by atoms with van der Waals surface area (Å²) in [6, 6.07) is 10.8. The quantitative estimate of drug-likeness (QED) is 0.887. The molecule has 114 valence electrons. The van der Waals surface area contributed by atoms with Gasteiger partial charge in [-0.1, -0.05) is 37.1 Å². The highest BCUT2D eigenvalue weighted by Gasteiger charge is 2.35. The van der Waals surface area contributed by atoms with E-state index in [0.717, 1.165) is 24.5 Å². The van der Waals surface area contributed by atoms with Gasteiger partial charge in [0, 0.05) is 25.2 Å². The van der Waals surface area contributed by atoms with Crippen LogP contribution >= 0.6 is 0 Å². The van der Waals surface area contributed by atoms with Crippen molar-refractivity contribution in [2.45, 2.75) is 70.1 Å². The van der Waals surface area contributed by atoms with Crippen molar-refractivity contribution in [1.82, 2.24) is 10.2 Å². The monoisotopic (exact) mass is 284 g/mol. The first kappa shape index (κ1) is 13.8. The van der Waals surface area contributed by atoms with Crippen molar-refractivity contribution >= 4 is 0 Å². The van der Waals surface area contributed by atoms with Crippen LogP contribution in [0.15, 0.2) is 24.3 Å². The average molecular weight is 284 g/mol. The summed E-state index contributed by atoms with van der Waals surface area (Å²) >= 11 is 0. The molecule has 2 saturated carbocycles. The first-order chi connectivity index (χ1) is 10.4. The summed E-state index contributed by atoms with van der Waals surface area (Å²) in [6.45, 7) is 3.55. The maximum Gasteiger partial charge on any atom is 0.0240 e. The van der Waals surface area contributed by atoms with Crippen molar-refractivity contribution in [3.05, 3.63) is 35.4 Å². The average Bonchev–Trinajstić information content (AvgIpc) is 3.27. The molecule has 4 rings (SSSR count). The Balaban J connectivity index is 1.43. The predicted molar refractivity (Wildman–Crippen MR) is 87.1 cm³/mol. The van der Waals surface area contributed by atoms with Gasteiger partial charge in [-0.15, -0.1) is 0 Å². The van der Waals surface area contributed by atoms with Crippen LogP contribution < -0.4 is 5.32 Å². The number of hydrogen-bond donors (Lipinski definition) is 1. The highest BCUT2D eigenvalue weighted by Crippen LogP contribution is 2.37. The van der Waals surface area contributed by atoms with Gasteiger partial charge in [0.05, 0.1) is 0 Å². The van der Waals surface area contributed by atoms with Crippen LogP contribution in [-0.2, 0) is 13.1 Å². The molecule has 0 amide bonds. The maximum atomic E-state index is 3.68. The topological polar surface area (TPSA) is 15.3 Å². The number of rotatable bonds is 5. The first-order valence-corrected chi connectivity index (χ1v) is 8.94. The summed E-state index contributed by atoms with van der Waals surface area (Å²) in [7, 11) is 0. The summed E-state index contributed by atoms with van der Waals surface area (Å²) in [5.74, 6) is 0.996.